The molecular formula is C16H16Cl2F3N3O2. The molecule has 1 aliphatic heterocycles. The second-order valence-corrected chi connectivity index (χ2v) is 5.40. The molecule has 10 heteroatoms. The number of aromatic nitrogens is 1. The van der Waals surface area contributed by atoms with Gasteiger partial charge in [-0.2, -0.15) is 0 Å². The largest absolute Gasteiger partial charge is 0.573 e. The smallest absolute Gasteiger partial charge is 0.406 e. The van der Waals surface area contributed by atoms with Crippen molar-refractivity contribution in [2.45, 2.75) is 25.4 Å². The van der Waals surface area contributed by atoms with Gasteiger partial charge >= 0.3 is 6.36 Å². The van der Waals surface area contributed by atoms with E-state index >= 15 is 0 Å². The Morgan fingerprint density at radius 1 is 1.19 bits per heavy atom. The molecule has 0 spiro atoms. The van der Waals surface area contributed by atoms with E-state index < -0.39 is 12.4 Å². The SMILES string of the molecule is Cl.Cl.NC1Cc2ncccc2N(Cc2ccc(OC(F)(F)F)cc2)C1=O. The van der Waals surface area contributed by atoms with Gasteiger partial charge in [0.2, 0.25) is 5.91 Å². The molecule has 0 saturated heterocycles. The summed E-state index contributed by atoms with van der Waals surface area (Å²) in [5.74, 6) is -0.555. The predicted molar refractivity (Wildman–Crippen MR) is 94.7 cm³/mol. The maximum absolute atomic E-state index is 12.3. The monoisotopic (exact) mass is 409 g/mol. The summed E-state index contributed by atoms with van der Waals surface area (Å²) in [4.78, 5) is 18.1. The van der Waals surface area contributed by atoms with Crippen molar-refractivity contribution in [3.63, 3.8) is 0 Å². The van der Waals surface area contributed by atoms with Gasteiger partial charge < -0.3 is 15.4 Å². The number of anilines is 1. The van der Waals surface area contributed by atoms with Gasteiger partial charge in [0.1, 0.15) is 5.75 Å². The Balaban J connectivity index is 0.00000169. The third kappa shape index (κ3) is 5.00. The number of hydrogen-bond donors (Lipinski definition) is 1. The number of alkyl halides is 3. The number of ether oxygens (including phenoxy) is 1. The number of carbonyl (C=O) groups is 1. The maximum Gasteiger partial charge on any atom is 0.573 e. The van der Waals surface area contributed by atoms with Crippen LogP contribution in [0.1, 0.15) is 11.3 Å². The number of hydrogen-bond acceptors (Lipinski definition) is 4. The summed E-state index contributed by atoms with van der Waals surface area (Å²) in [6.45, 7) is 0.192. The zero-order valence-electron chi connectivity index (χ0n) is 13.3. The molecule has 0 aliphatic carbocycles. The normalized spacial score (nSPS) is 16.2. The molecule has 1 unspecified atom stereocenters. The molecule has 0 fully saturated rings. The van der Waals surface area contributed by atoms with Gasteiger partial charge in [-0.15, -0.1) is 38.0 Å². The third-order valence-corrected chi connectivity index (χ3v) is 3.65. The second-order valence-electron chi connectivity index (χ2n) is 5.40. The van der Waals surface area contributed by atoms with E-state index in [0.29, 0.717) is 17.7 Å². The lowest BCUT2D eigenvalue weighted by molar-refractivity contribution is -0.274. The fourth-order valence-corrected chi connectivity index (χ4v) is 2.59. The van der Waals surface area contributed by atoms with Gasteiger partial charge in [0.25, 0.3) is 0 Å². The van der Waals surface area contributed by atoms with E-state index in [1.165, 1.54) is 29.2 Å². The van der Waals surface area contributed by atoms with Crippen LogP contribution < -0.4 is 15.4 Å². The molecule has 1 aliphatic rings. The van der Waals surface area contributed by atoms with E-state index in [-0.39, 0.29) is 43.0 Å². The van der Waals surface area contributed by atoms with Gasteiger partial charge in [-0.1, -0.05) is 12.1 Å². The molecule has 0 saturated carbocycles. The van der Waals surface area contributed by atoms with Crippen molar-refractivity contribution in [1.82, 2.24) is 4.98 Å². The molecule has 3 rings (SSSR count). The number of fused-ring (bicyclic) bond motifs is 1. The Morgan fingerprint density at radius 2 is 1.85 bits per heavy atom. The van der Waals surface area contributed by atoms with Crippen molar-refractivity contribution in [2.75, 3.05) is 4.90 Å². The molecule has 2 aromatic rings. The number of pyridine rings is 1. The van der Waals surface area contributed by atoms with E-state index in [0.717, 1.165) is 5.69 Å². The summed E-state index contributed by atoms with van der Waals surface area (Å²) in [7, 11) is 0. The van der Waals surface area contributed by atoms with Crippen LogP contribution in [-0.2, 0) is 17.8 Å². The summed E-state index contributed by atoms with van der Waals surface area (Å²) in [5.41, 5.74) is 7.90. The fourth-order valence-electron chi connectivity index (χ4n) is 2.59. The van der Waals surface area contributed by atoms with Crippen LogP contribution in [0.15, 0.2) is 42.6 Å². The third-order valence-electron chi connectivity index (χ3n) is 3.65. The lowest BCUT2D eigenvalue weighted by Gasteiger charge is -2.32. The average molecular weight is 410 g/mol. The van der Waals surface area contributed by atoms with Crippen molar-refractivity contribution >= 4 is 36.4 Å². The Hall–Kier alpha value is -2.03. The highest BCUT2D eigenvalue weighted by Crippen LogP contribution is 2.28. The number of halogens is 5. The first-order valence-electron chi connectivity index (χ1n) is 7.19. The number of amides is 1. The average Bonchev–Trinajstić information content (AvgIpc) is 2.52. The first kappa shape index (κ1) is 22.0. The fraction of sp³-hybridized carbons (Fsp3) is 0.250. The molecule has 0 bridgehead atoms. The molecule has 0 radical (unpaired) electrons. The van der Waals surface area contributed by atoms with Crippen LogP contribution in [0.25, 0.3) is 0 Å². The lowest BCUT2D eigenvalue weighted by atomic mass is 10.0. The topological polar surface area (TPSA) is 68.4 Å². The van der Waals surface area contributed by atoms with Gasteiger partial charge in [0.05, 0.1) is 24.0 Å². The minimum absolute atomic E-state index is 0. The molecule has 142 valence electrons. The number of benzene rings is 1. The molecule has 1 amide bonds. The zero-order chi connectivity index (χ0) is 17.3. The van der Waals surface area contributed by atoms with Crippen LogP contribution in [0.5, 0.6) is 5.75 Å². The van der Waals surface area contributed by atoms with E-state index in [4.69, 9.17) is 5.73 Å². The number of carbonyl (C=O) groups excluding carboxylic acids is 1. The minimum atomic E-state index is -4.73. The Morgan fingerprint density at radius 3 is 2.46 bits per heavy atom. The first-order valence-corrected chi connectivity index (χ1v) is 7.19. The lowest BCUT2D eigenvalue weighted by Crippen LogP contribution is -2.48. The van der Waals surface area contributed by atoms with Crippen LogP contribution >= 0.6 is 24.8 Å². The Bertz CT molecular complexity index is 757. The van der Waals surface area contributed by atoms with Crippen molar-refractivity contribution in [2.24, 2.45) is 5.73 Å². The molecule has 26 heavy (non-hydrogen) atoms. The van der Waals surface area contributed by atoms with Crippen LogP contribution in [0.4, 0.5) is 18.9 Å². The van der Waals surface area contributed by atoms with Crippen LogP contribution in [-0.4, -0.2) is 23.3 Å². The maximum atomic E-state index is 12.3. The van der Waals surface area contributed by atoms with Gasteiger partial charge in [-0.25, -0.2) is 0 Å². The summed E-state index contributed by atoms with van der Waals surface area (Å²) >= 11 is 0. The summed E-state index contributed by atoms with van der Waals surface area (Å²) in [6, 6.07) is 8.18. The van der Waals surface area contributed by atoms with Crippen molar-refractivity contribution in [1.29, 1.82) is 0 Å². The van der Waals surface area contributed by atoms with E-state index in [1.807, 2.05) is 0 Å². The first-order chi connectivity index (χ1) is 11.3. The molecule has 1 atom stereocenters. The highest BCUT2D eigenvalue weighted by atomic mass is 35.5. The molecular weight excluding hydrogens is 394 g/mol. The van der Waals surface area contributed by atoms with Crippen LogP contribution in [0.2, 0.25) is 0 Å². The van der Waals surface area contributed by atoms with E-state index in [1.54, 1.807) is 18.3 Å². The predicted octanol–water partition coefficient (Wildman–Crippen LogP) is 3.24. The summed E-state index contributed by atoms with van der Waals surface area (Å²) in [6.07, 6.45) is -2.74. The number of nitrogens with two attached hydrogens (primary N) is 1. The van der Waals surface area contributed by atoms with Gasteiger partial charge in [0, 0.05) is 12.6 Å². The van der Waals surface area contributed by atoms with Crippen molar-refractivity contribution in [3.05, 3.63) is 53.9 Å². The standard InChI is InChI=1S/C16H14F3N3O2.2ClH/c17-16(18,19)24-11-5-3-10(4-6-11)9-22-14-2-1-7-21-13(14)8-12(20)15(22)23;;/h1-7,12H,8-9,20H2;2*1H. The van der Waals surface area contributed by atoms with Crippen LogP contribution in [0.3, 0.4) is 0 Å². The molecule has 5 nitrogen and oxygen atoms in total. The highest BCUT2D eigenvalue weighted by Gasteiger charge is 2.32. The molecule has 2 N–H and O–H groups in total. The zero-order valence-corrected chi connectivity index (χ0v) is 14.9. The van der Waals surface area contributed by atoms with Gasteiger partial charge in [0.15, 0.2) is 0 Å². The van der Waals surface area contributed by atoms with E-state index in [9.17, 15) is 18.0 Å². The Labute approximate surface area is 160 Å². The number of rotatable bonds is 3. The van der Waals surface area contributed by atoms with Crippen molar-refractivity contribution < 1.29 is 22.7 Å². The van der Waals surface area contributed by atoms with E-state index in [2.05, 4.69) is 9.72 Å². The highest BCUT2D eigenvalue weighted by molar-refractivity contribution is 5.99. The second kappa shape index (κ2) is 8.57. The molecule has 1 aromatic carbocycles. The quantitative estimate of drug-likeness (QED) is 0.844. The van der Waals surface area contributed by atoms with Crippen molar-refractivity contribution in [3.8, 4) is 5.75 Å². The van der Waals surface area contributed by atoms with Gasteiger partial charge in [-0.05, 0) is 29.8 Å². The van der Waals surface area contributed by atoms with Gasteiger partial charge in [-0.3, -0.25) is 9.78 Å². The van der Waals surface area contributed by atoms with Crippen LogP contribution in [0, 0.1) is 0 Å². The minimum Gasteiger partial charge on any atom is -0.406 e. The summed E-state index contributed by atoms with van der Waals surface area (Å²) in [5, 5.41) is 0. The molecule has 1 aromatic heterocycles. The molecule has 2 heterocycles. The number of nitrogens with zero attached hydrogens (tertiary/aromatic N) is 2. The summed E-state index contributed by atoms with van der Waals surface area (Å²) < 4.78 is 40.4. The Kier molecular flexibility index (Phi) is 7.25.